The molecule has 0 fully saturated rings. The van der Waals surface area contributed by atoms with Crippen molar-refractivity contribution in [1.82, 2.24) is 10.3 Å². The minimum Gasteiger partial charge on any atom is -0.478 e. The topological polar surface area (TPSA) is 82.2 Å². The van der Waals surface area contributed by atoms with Gasteiger partial charge < -0.3 is 15.4 Å². The van der Waals surface area contributed by atoms with Crippen LogP contribution in [0.15, 0.2) is 60.8 Å². The summed E-state index contributed by atoms with van der Waals surface area (Å²) >= 11 is 0. The molecule has 31 heavy (non-hydrogen) atoms. The molecule has 0 saturated carbocycles. The molecule has 0 atom stereocenters. The molecule has 3 aromatic carbocycles. The summed E-state index contributed by atoms with van der Waals surface area (Å²) in [4.78, 5) is 29.1. The number of aromatic carboxylic acids is 1. The molecular weight excluding hydrogens is 388 g/mol. The van der Waals surface area contributed by atoms with Crippen molar-refractivity contribution in [2.75, 3.05) is 6.54 Å². The van der Waals surface area contributed by atoms with Crippen molar-refractivity contribution in [3.8, 4) is 22.3 Å². The molecular formula is C26H24N2O3. The van der Waals surface area contributed by atoms with E-state index in [4.69, 9.17) is 0 Å². The Morgan fingerprint density at radius 3 is 2.26 bits per heavy atom. The van der Waals surface area contributed by atoms with Crippen LogP contribution in [0.25, 0.3) is 33.2 Å². The number of carboxylic acid groups (broad SMARTS) is 1. The molecule has 0 bridgehead atoms. The van der Waals surface area contributed by atoms with Gasteiger partial charge >= 0.3 is 5.97 Å². The lowest BCUT2D eigenvalue weighted by Crippen LogP contribution is -2.26. The summed E-state index contributed by atoms with van der Waals surface area (Å²) < 4.78 is 0. The zero-order chi connectivity index (χ0) is 22.1. The average Bonchev–Trinajstić information content (AvgIpc) is 3.19. The molecule has 0 unspecified atom stereocenters. The molecule has 0 aliphatic heterocycles. The first kappa shape index (κ1) is 20.4. The summed E-state index contributed by atoms with van der Waals surface area (Å²) in [5.41, 5.74) is 5.65. The second-order valence-electron chi connectivity index (χ2n) is 7.53. The number of carboxylic acids is 1. The Morgan fingerprint density at radius 1 is 0.903 bits per heavy atom. The molecule has 1 aromatic heterocycles. The number of carbonyl (C=O) groups excluding carboxylic acids is 1. The minimum absolute atomic E-state index is 0.156. The van der Waals surface area contributed by atoms with Crippen molar-refractivity contribution in [2.45, 2.75) is 20.8 Å². The number of benzene rings is 3. The molecule has 0 aliphatic rings. The highest BCUT2D eigenvalue weighted by Crippen LogP contribution is 2.42. The van der Waals surface area contributed by atoms with Gasteiger partial charge in [-0.25, -0.2) is 4.79 Å². The van der Waals surface area contributed by atoms with Crippen molar-refractivity contribution in [3.05, 3.63) is 83.0 Å². The Kier molecular flexibility index (Phi) is 5.34. The Labute approximate surface area is 180 Å². The fourth-order valence-corrected chi connectivity index (χ4v) is 4.26. The summed E-state index contributed by atoms with van der Waals surface area (Å²) in [6.45, 7) is 5.98. The number of hydrogen-bond acceptors (Lipinski definition) is 2. The van der Waals surface area contributed by atoms with Gasteiger partial charge in [-0.05, 0) is 49.1 Å². The largest absolute Gasteiger partial charge is 0.478 e. The zero-order valence-electron chi connectivity index (χ0n) is 17.7. The van der Waals surface area contributed by atoms with Crippen LogP contribution < -0.4 is 5.32 Å². The summed E-state index contributed by atoms with van der Waals surface area (Å²) in [6.07, 6.45) is 1.79. The van der Waals surface area contributed by atoms with Gasteiger partial charge in [0.15, 0.2) is 0 Å². The Balaban J connectivity index is 2.22. The molecule has 5 heteroatoms. The Bertz CT molecular complexity index is 1300. The highest BCUT2D eigenvalue weighted by Gasteiger charge is 2.29. The monoisotopic (exact) mass is 412 g/mol. The van der Waals surface area contributed by atoms with Gasteiger partial charge in [0.05, 0.1) is 11.1 Å². The number of nitrogens with one attached hydrogen (secondary N) is 2. The highest BCUT2D eigenvalue weighted by atomic mass is 16.4. The van der Waals surface area contributed by atoms with Crippen LogP contribution in [-0.2, 0) is 0 Å². The van der Waals surface area contributed by atoms with Crippen molar-refractivity contribution in [1.29, 1.82) is 0 Å². The number of aromatic amines is 1. The third-order valence-electron chi connectivity index (χ3n) is 5.76. The predicted octanol–water partition coefficient (Wildman–Crippen LogP) is 5.57. The molecule has 0 radical (unpaired) electrons. The lowest BCUT2D eigenvalue weighted by atomic mass is 9.81. The molecule has 156 valence electrons. The third kappa shape index (κ3) is 3.38. The van der Waals surface area contributed by atoms with E-state index in [9.17, 15) is 14.7 Å². The van der Waals surface area contributed by atoms with E-state index in [1.165, 1.54) is 0 Å². The quantitative estimate of drug-likeness (QED) is 0.401. The minimum atomic E-state index is -1.05. The van der Waals surface area contributed by atoms with Crippen LogP contribution >= 0.6 is 0 Å². The molecule has 5 nitrogen and oxygen atoms in total. The summed E-state index contributed by atoms with van der Waals surface area (Å²) in [5, 5.41) is 14.0. The van der Waals surface area contributed by atoms with E-state index in [2.05, 4.69) is 10.3 Å². The van der Waals surface area contributed by atoms with Gasteiger partial charge in [0.2, 0.25) is 0 Å². The number of fused-ring (bicyclic) bond motifs is 1. The van der Waals surface area contributed by atoms with Crippen LogP contribution in [0.2, 0.25) is 0 Å². The zero-order valence-corrected chi connectivity index (χ0v) is 17.7. The second-order valence-corrected chi connectivity index (χ2v) is 7.53. The first-order valence-corrected chi connectivity index (χ1v) is 10.3. The molecule has 3 N–H and O–H groups in total. The third-order valence-corrected chi connectivity index (χ3v) is 5.76. The lowest BCUT2D eigenvalue weighted by molar-refractivity contribution is 0.0697. The smallest absolute Gasteiger partial charge is 0.336 e. The van der Waals surface area contributed by atoms with Crippen LogP contribution in [0.3, 0.4) is 0 Å². The molecule has 4 aromatic rings. The van der Waals surface area contributed by atoms with E-state index in [0.717, 1.165) is 27.6 Å². The van der Waals surface area contributed by atoms with Crippen LogP contribution in [0.4, 0.5) is 0 Å². The molecule has 0 spiro atoms. The molecule has 1 amide bonds. The van der Waals surface area contributed by atoms with E-state index in [-0.39, 0.29) is 11.5 Å². The standard InChI is InChI=1S/C26H24N2O3/c1-4-27-25(29)24-21(17-10-6-5-7-11-17)15(2)16(3)22(26(30)31)23(24)19-14-28-20-13-9-8-12-18(19)20/h5-14,28H,4H2,1-3H3,(H,27,29)(H,30,31). The maximum atomic E-state index is 13.4. The first-order chi connectivity index (χ1) is 15.0. The van der Waals surface area contributed by atoms with Crippen LogP contribution in [0, 0.1) is 13.8 Å². The summed E-state index contributed by atoms with van der Waals surface area (Å²) in [6, 6.07) is 17.4. The number of carbonyl (C=O) groups is 2. The first-order valence-electron chi connectivity index (χ1n) is 10.3. The van der Waals surface area contributed by atoms with Crippen LogP contribution in [0.1, 0.15) is 38.8 Å². The molecule has 0 aliphatic carbocycles. The van der Waals surface area contributed by atoms with Crippen molar-refractivity contribution in [2.24, 2.45) is 0 Å². The van der Waals surface area contributed by atoms with Gasteiger partial charge in [-0.1, -0.05) is 48.5 Å². The molecule has 4 rings (SSSR count). The van der Waals surface area contributed by atoms with E-state index < -0.39 is 5.97 Å². The number of hydrogen-bond donors (Lipinski definition) is 3. The van der Waals surface area contributed by atoms with Gasteiger partial charge in [0.25, 0.3) is 5.91 Å². The maximum Gasteiger partial charge on any atom is 0.336 e. The SMILES string of the molecule is CCNC(=O)c1c(-c2ccccc2)c(C)c(C)c(C(=O)O)c1-c1c[nH]c2ccccc12. The lowest BCUT2D eigenvalue weighted by Gasteiger charge is -2.22. The van der Waals surface area contributed by atoms with Crippen LogP contribution in [0.5, 0.6) is 0 Å². The number of H-pyrrole nitrogens is 1. The number of para-hydroxylation sites is 1. The summed E-state index contributed by atoms with van der Waals surface area (Å²) in [5.74, 6) is -1.33. The van der Waals surface area contributed by atoms with Gasteiger partial charge in [-0.2, -0.15) is 0 Å². The second kappa shape index (κ2) is 8.11. The van der Waals surface area contributed by atoms with Gasteiger partial charge in [0.1, 0.15) is 0 Å². The normalized spacial score (nSPS) is 10.9. The maximum absolute atomic E-state index is 13.4. The van der Waals surface area contributed by atoms with E-state index >= 15 is 0 Å². The number of amides is 1. The van der Waals surface area contributed by atoms with E-state index in [1.54, 1.807) is 6.20 Å². The van der Waals surface area contributed by atoms with Crippen LogP contribution in [-0.4, -0.2) is 28.5 Å². The van der Waals surface area contributed by atoms with Crippen molar-refractivity contribution >= 4 is 22.8 Å². The van der Waals surface area contributed by atoms with E-state index in [1.807, 2.05) is 75.4 Å². The average molecular weight is 412 g/mol. The molecule has 0 saturated heterocycles. The fourth-order valence-electron chi connectivity index (χ4n) is 4.26. The van der Waals surface area contributed by atoms with E-state index in [0.29, 0.717) is 28.8 Å². The Morgan fingerprint density at radius 2 is 1.58 bits per heavy atom. The fraction of sp³-hybridized carbons (Fsp3) is 0.154. The Hall–Kier alpha value is -3.86. The highest BCUT2D eigenvalue weighted by molar-refractivity contribution is 6.16. The number of rotatable bonds is 5. The van der Waals surface area contributed by atoms with Gasteiger partial charge in [-0.15, -0.1) is 0 Å². The van der Waals surface area contributed by atoms with Crippen molar-refractivity contribution < 1.29 is 14.7 Å². The molecule has 1 heterocycles. The van der Waals surface area contributed by atoms with Crippen molar-refractivity contribution in [3.63, 3.8) is 0 Å². The number of aromatic nitrogens is 1. The predicted molar refractivity (Wildman–Crippen MR) is 124 cm³/mol. The van der Waals surface area contributed by atoms with Gasteiger partial charge in [0, 0.05) is 34.8 Å². The summed E-state index contributed by atoms with van der Waals surface area (Å²) in [7, 11) is 0. The van der Waals surface area contributed by atoms with Gasteiger partial charge in [-0.3, -0.25) is 4.79 Å².